The van der Waals surface area contributed by atoms with Gasteiger partial charge in [-0.3, -0.25) is 4.79 Å². The maximum Gasteiger partial charge on any atom is 0.254 e. The van der Waals surface area contributed by atoms with E-state index in [1.54, 1.807) is 30.5 Å². The number of anilines is 1. The van der Waals surface area contributed by atoms with Crippen LogP contribution in [0.15, 0.2) is 36.7 Å². The van der Waals surface area contributed by atoms with Crippen molar-refractivity contribution in [1.29, 1.82) is 0 Å². The first kappa shape index (κ1) is 12.7. The summed E-state index contributed by atoms with van der Waals surface area (Å²) in [5, 5.41) is 0. The normalized spacial score (nSPS) is 14.2. The first-order valence-electron chi connectivity index (χ1n) is 6.78. The largest absolute Gasteiger partial charge is 0.399 e. The van der Waals surface area contributed by atoms with E-state index in [4.69, 9.17) is 5.73 Å². The second-order valence-corrected chi connectivity index (χ2v) is 5.24. The standard InChI is InChI=1S/C15H18N4O/c1-18-9-8-17-14(18)10-19(13-6-7-13)15(20)11-2-4-12(16)5-3-11/h2-5,8-9,13H,6-7,10,16H2,1H3. The van der Waals surface area contributed by atoms with Crippen LogP contribution in [0.4, 0.5) is 5.69 Å². The van der Waals surface area contributed by atoms with Gasteiger partial charge in [-0.2, -0.15) is 0 Å². The molecule has 1 fully saturated rings. The van der Waals surface area contributed by atoms with Crippen molar-refractivity contribution in [2.45, 2.75) is 25.4 Å². The van der Waals surface area contributed by atoms with E-state index in [-0.39, 0.29) is 5.91 Å². The third kappa shape index (κ3) is 2.52. The third-order valence-electron chi connectivity index (χ3n) is 3.64. The van der Waals surface area contributed by atoms with Crippen LogP contribution in [0.2, 0.25) is 0 Å². The van der Waals surface area contributed by atoms with Crippen LogP contribution >= 0.6 is 0 Å². The van der Waals surface area contributed by atoms with Gasteiger partial charge in [-0.15, -0.1) is 0 Å². The smallest absolute Gasteiger partial charge is 0.254 e. The minimum Gasteiger partial charge on any atom is -0.399 e. The van der Waals surface area contributed by atoms with Crippen LogP contribution in [0.25, 0.3) is 0 Å². The summed E-state index contributed by atoms with van der Waals surface area (Å²) in [7, 11) is 1.95. The number of amides is 1. The van der Waals surface area contributed by atoms with Crippen LogP contribution in [0, 0.1) is 0 Å². The Morgan fingerprint density at radius 2 is 2.10 bits per heavy atom. The highest BCUT2D eigenvalue weighted by atomic mass is 16.2. The Morgan fingerprint density at radius 1 is 1.40 bits per heavy atom. The zero-order valence-corrected chi connectivity index (χ0v) is 11.5. The lowest BCUT2D eigenvalue weighted by Gasteiger charge is -2.22. The molecule has 1 heterocycles. The number of benzene rings is 1. The first-order valence-corrected chi connectivity index (χ1v) is 6.78. The van der Waals surface area contributed by atoms with Gasteiger partial charge < -0.3 is 15.2 Å². The molecule has 0 spiro atoms. The van der Waals surface area contributed by atoms with E-state index in [1.807, 2.05) is 22.7 Å². The molecule has 0 aliphatic heterocycles. The molecule has 1 aromatic carbocycles. The lowest BCUT2D eigenvalue weighted by atomic mass is 10.2. The summed E-state index contributed by atoms with van der Waals surface area (Å²) in [6.45, 7) is 0.553. The van der Waals surface area contributed by atoms with Crippen molar-refractivity contribution < 1.29 is 4.79 Å². The van der Waals surface area contributed by atoms with Gasteiger partial charge in [-0.05, 0) is 37.1 Å². The van der Waals surface area contributed by atoms with Crippen molar-refractivity contribution in [2.24, 2.45) is 7.05 Å². The van der Waals surface area contributed by atoms with Gasteiger partial charge in [-0.1, -0.05) is 0 Å². The van der Waals surface area contributed by atoms with Gasteiger partial charge in [0, 0.05) is 36.7 Å². The number of carbonyl (C=O) groups excluding carboxylic acids is 1. The summed E-state index contributed by atoms with van der Waals surface area (Å²) in [6.07, 6.45) is 5.80. The van der Waals surface area contributed by atoms with Gasteiger partial charge in [0.1, 0.15) is 5.82 Å². The van der Waals surface area contributed by atoms with Crippen LogP contribution in [0.5, 0.6) is 0 Å². The summed E-state index contributed by atoms with van der Waals surface area (Å²) in [6, 6.07) is 7.44. The molecule has 1 amide bonds. The number of imidazole rings is 1. The number of nitrogens with two attached hydrogens (primary N) is 1. The van der Waals surface area contributed by atoms with Gasteiger partial charge in [0.05, 0.1) is 6.54 Å². The number of nitrogen functional groups attached to an aromatic ring is 1. The van der Waals surface area contributed by atoms with Gasteiger partial charge >= 0.3 is 0 Å². The molecule has 0 radical (unpaired) electrons. The number of hydrogen-bond donors (Lipinski definition) is 1. The average Bonchev–Trinajstić information content (AvgIpc) is 3.20. The second kappa shape index (κ2) is 5.00. The SMILES string of the molecule is Cn1ccnc1CN(C(=O)c1ccc(N)cc1)C1CC1. The number of rotatable bonds is 4. The van der Waals surface area contributed by atoms with E-state index in [0.717, 1.165) is 18.7 Å². The van der Waals surface area contributed by atoms with E-state index in [1.165, 1.54) is 0 Å². The summed E-state index contributed by atoms with van der Waals surface area (Å²) in [5.74, 6) is 0.955. The van der Waals surface area contributed by atoms with Gasteiger partial charge in [0.2, 0.25) is 0 Å². The van der Waals surface area contributed by atoms with Gasteiger partial charge in [0.15, 0.2) is 0 Å². The maximum atomic E-state index is 12.6. The molecule has 0 bridgehead atoms. The molecule has 0 unspecified atom stereocenters. The summed E-state index contributed by atoms with van der Waals surface area (Å²) in [4.78, 5) is 18.8. The molecule has 2 N–H and O–H groups in total. The summed E-state index contributed by atoms with van der Waals surface area (Å²) < 4.78 is 1.95. The van der Waals surface area contributed by atoms with Crippen LogP contribution in [0.1, 0.15) is 29.0 Å². The third-order valence-corrected chi connectivity index (χ3v) is 3.64. The number of aryl methyl sites for hydroxylation is 1. The molecule has 1 aliphatic carbocycles. The molecule has 1 aromatic heterocycles. The Hall–Kier alpha value is -2.30. The quantitative estimate of drug-likeness (QED) is 0.862. The fourth-order valence-corrected chi connectivity index (χ4v) is 2.25. The van der Waals surface area contributed by atoms with Gasteiger partial charge in [0.25, 0.3) is 5.91 Å². The van der Waals surface area contributed by atoms with Crippen LogP contribution in [0.3, 0.4) is 0 Å². The lowest BCUT2D eigenvalue weighted by Crippen LogP contribution is -2.33. The Kier molecular flexibility index (Phi) is 3.18. The van der Waals surface area contributed by atoms with Crippen molar-refractivity contribution in [3.05, 3.63) is 48.0 Å². The minimum atomic E-state index is 0.0514. The van der Waals surface area contributed by atoms with Crippen LogP contribution in [-0.4, -0.2) is 26.4 Å². The number of hydrogen-bond acceptors (Lipinski definition) is 3. The number of aromatic nitrogens is 2. The first-order chi connectivity index (χ1) is 9.65. The Labute approximate surface area is 118 Å². The van der Waals surface area contributed by atoms with Crippen molar-refractivity contribution in [3.8, 4) is 0 Å². The summed E-state index contributed by atoms with van der Waals surface area (Å²) >= 11 is 0. The zero-order chi connectivity index (χ0) is 14.1. The van der Waals surface area contributed by atoms with E-state index >= 15 is 0 Å². The lowest BCUT2D eigenvalue weighted by molar-refractivity contribution is 0.0724. The predicted octanol–water partition coefficient (Wildman–Crippen LogP) is 1.81. The molecular weight excluding hydrogens is 252 g/mol. The Bertz CT molecular complexity index is 613. The molecule has 2 aromatic rings. The Morgan fingerprint density at radius 3 is 2.65 bits per heavy atom. The zero-order valence-electron chi connectivity index (χ0n) is 11.5. The highest BCUT2D eigenvalue weighted by molar-refractivity contribution is 5.94. The van der Waals surface area contributed by atoms with E-state index in [2.05, 4.69) is 4.98 Å². The molecule has 20 heavy (non-hydrogen) atoms. The monoisotopic (exact) mass is 270 g/mol. The van der Waals surface area contributed by atoms with E-state index in [9.17, 15) is 4.79 Å². The molecule has 1 aliphatic rings. The van der Waals surface area contributed by atoms with Crippen LogP contribution in [-0.2, 0) is 13.6 Å². The molecular formula is C15H18N4O. The molecule has 5 heteroatoms. The predicted molar refractivity (Wildman–Crippen MR) is 77.0 cm³/mol. The molecule has 104 valence electrons. The number of nitrogens with zero attached hydrogens (tertiary/aromatic N) is 3. The molecule has 0 atom stereocenters. The maximum absolute atomic E-state index is 12.6. The molecule has 3 rings (SSSR count). The summed E-state index contributed by atoms with van der Waals surface area (Å²) in [5.41, 5.74) is 7.02. The Balaban J connectivity index is 1.82. The molecule has 5 nitrogen and oxygen atoms in total. The van der Waals surface area contributed by atoms with E-state index < -0.39 is 0 Å². The average molecular weight is 270 g/mol. The van der Waals surface area contributed by atoms with Crippen molar-refractivity contribution >= 4 is 11.6 Å². The number of carbonyl (C=O) groups is 1. The molecule has 1 saturated carbocycles. The second-order valence-electron chi connectivity index (χ2n) is 5.24. The topological polar surface area (TPSA) is 64.2 Å². The highest BCUT2D eigenvalue weighted by Crippen LogP contribution is 2.29. The van der Waals surface area contributed by atoms with Crippen LogP contribution < -0.4 is 5.73 Å². The van der Waals surface area contributed by atoms with E-state index in [0.29, 0.717) is 23.8 Å². The van der Waals surface area contributed by atoms with Gasteiger partial charge in [-0.25, -0.2) is 4.98 Å². The van der Waals surface area contributed by atoms with Crippen molar-refractivity contribution in [1.82, 2.24) is 14.5 Å². The van der Waals surface area contributed by atoms with Crippen molar-refractivity contribution in [3.63, 3.8) is 0 Å². The highest BCUT2D eigenvalue weighted by Gasteiger charge is 2.33. The fraction of sp³-hybridized carbons (Fsp3) is 0.333. The molecule has 0 saturated heterocycles. The fourth-order valence-electron chi connectivity index (χ4n) is 2.25. The minimum absolute atomic E-state index is 0.0514. The van der Waals surface area contributed by atoms with Crippen molar-refractivity contribution in [2.75, 3.05) is 5.73 Å².